The van der Waals surface area contributed by atoms with Crippen LogP contribution in [0.5, 0.6) is 0 Å². The van der Waals surface area contributed by atoms with E-state index in [1.807, 2.05) is 12.1 Å². The van der Waals surface area contributed by atoms with Crippen molar-refractivity contribution in [2.75, 3.05) is 11.9 Å². The number of nitrogens with one attached hydrogen (secondary N) is 1. The molecule has 1 aromatic carbocycles. The first-order chi connectivity index (χ1) is 9.91. The number of halogens is 1. The molecule has 0 radical (unpaired) electrons. The van der Waals surface area contributed by atoms with Gasteiger partial charge < -0.3 is 10.4 Å². The molecule has 3 heteroatoms. The lowest BCUT2D eigenvalue weighted by Gasteiger charge is -2.45. The molecular formula is C18H28BrNO. The van der Waals surface area contributed by atoms with E-state index in [1.165, 1.54) is 19.3 Å². The fourth-order valence-corrected chi connectivity index (χ4v) is 3.83. The lowest BCUT2D eigenvalue weighted by atomic mass is 9.65. The highest BCUT2D eigenvalue weighted by atomic mass is 79.9. The molecule has 21 heavy (non-hydrogen) atoms. The summed E-state index contributed by atoms with van der Waals surface area (Å²) in [6.07, 6.45) is 5.71. The zero-order valence-corrected chi connectivity index (χ0v) is 15.0. The highest BCUT2D eigenvalue weighted by Crippen LogP contribution is 2.44. The average molecular weight is 354 g/mol. The molecule has 118 valence electrons. The number of anilines is 1. The molecular weight excluding hydrogens is 326 g/mol. The van der Waals surface area contributed by atoms with Gasteiger partial charge in [-0.15, -0.1) is 0 Å². The van der Waals surface area contributed by atoms with Crippen molar-refractivity contribution in [2.24, 2.45) is 11.3 Å². The zero-order valence-electron chi connectivity index (χ0n) is 13.5. The number of aliphatic hydroxyl groups excluding tert-OH is 1. The van der Waals surface area contributed by atoms with Crippen LogP contribution in [0.4, 0.5) is 5.69 Å². The first-order valence-corrected chi connectivity index (χ1v) is 8.85. The molecule has 0 unspecified atom stereocenters. The summed E-state index contributed by atoms with van der Waals surface area (Å²) in [4.78, 5) is 0. The predicted octanol–water partition coefficient (Wildman–Crippen LogP) is 5.22. The Morgan fingerprint density at radius 3 is 2.52 bits per heavy atom. The second-order valence-electron chi connectivity index (χ2n) is 7.19. The average Bonchev–Trinajstić information content (AvgIpc) is 2.48. The van der Waals surface area contributed by atoms with E-state index in [1.54, 1.807) is 0 Å². The molecule has 0 bridgehead atoms. The number of hydrogen-bond donors (Lipinski definition) is 2. The van der Waals surface area contributed by atoms with Crippen LogP contribution in [-0.4, -0.2) is 17.3 Å². The van der Waals surface area contributed by atoms with E-state index in [0.717, 1.165) is 28.9 Å². The quantitative estimate of drug-likeness (QED) is 0.760. The van der Waals surface area contributed by atoms with Gasteiger partial charge in [0.25, 0.3) is 0 Å². The van der Waals surface area contributed by atoms with Gasteiger partial charge in [-0.05, 0) is 55.2 Å². The van der Waals surface area contributed by atoms with Crippen LogP contribution >= 0.6 is 15.9 Å². The smallest absolute Gasteiger partial charge is 0.0661 e. The van der Waals surface area contributed by atoms with Gasteiger partial charge in [0.05, 0.1) is 12.1 Å². The molecule has 2 nitrogen and oxygen atoms in total. The van der Waals surface area contributed by atoms with Crippen molar-refractivity contribution in [3.8, 4) is 0 Å². The summed E-state index contributed by atoms with van der Waals surface area (Å²) >= 11 is 3.51. The summed E-state index contributed by atoms with van der Waals surface area (Å²) < 4.78 is 1.07. The third-order valence-corrected chi connectivity index (χ3v) is 5.99. The summed E-state index contributed by atoms with van der Waals surface area (Å²) in [5.41, 5.74) is 1.35. The number of rotatable bonds is 5. The fraction of sp³-hybridized carbons (Fsp3) is 0.667. The van der Waals surface area contributed by atoms with Gasteiger partial charge in [0, 0.05) is 10.2 Å². The van der Waals surface area contributed by atoms with E-state index in [4.69, 9.17) is 0 Å². The van der Waals surface area contributed by atoms with Crippen LogP contribution in [0.25, 0.3) is 0 Å². The van der Waals surface area contributed by atoms with E-state index in [2.05, 4.69) is 54.2 Å². The lowest BCUT2D eigenvalue weighted by molar-refractivity contribution is 0.0921. The van der Waals surface area contributed by atoms with Crippen LogP contribution in [-0.2, 0) is 0 Å². The largest absolute Gasteiger partial charge is 0.394 e. The number of benzene rings is 1. The third-order valence-electron chi connectivity index (χ3n) is 5.50. The van der Waals surface area contributed by atoms with Gasteiger partial charge in [0.15, 0.2) is 0 Å². The van der Waals surface area contributed by atoms with Crippen molar-refractivity contribution >= 4 is 21.6 Å². The van der Waals surface area contributed by atoms with E-state index in [0.29, 0.717) is 5.41 Å². The maximum Gasteiger partial charge on any atom is 0.0661 e. The van der Waals surface area contributed by atoms with Crippen molar-refractivity contribution < 1.29 is 5.11 Å². The second kappa shape index (κ2) is 6.70. The van der Waals surface area contributed by atoms with Gasteiger partial charge in [-0.2, -0.15) is 0 Å². The molecule has 1 aliphatic rings. The molecule has 0 atom stereocenters. The second-order valence-corrected chi connectivity index (χ2v) is 8.11. The monoisotopic (exact) mass is 353 g/mol. The first kappa shape index (κ1) is 16.8. The lowest BCUT2D eigenvalue weighted by Crippen LogP contribution is -2.47. The van der Waals surface area contributed by atoms with Gasteiger partial charge in [0.2, 0.25) is 0 Å². The Labute approximate surface area is 137 Å². The van der Waals surface area contributed by atoms with Crippen molar-refractivity contribution in [3.05, 3.63) is 28.7 Å². The van der Waals surface area contributed by atoms with Crippen molar-refractivity contribution in [3.63, 3.8) is 0 Å². The van der Waals surface area contributed by atoms with Crippen LogP contribution in [0, 0.1) is 11.3 Å². The van der Waals surface area contributed by atoms with Crippen LogP contribution < -0.4 is 5.32 Å². The van der Waals surface area contributed by atoms with Gasteiger partial charge >= 0.3 is 0 Å². The topological polar surface area (TPSA) is 32.3 Å². The van der Waals surface area contributed by atoms with Gasteiger partial charge in [0.1, 0.15) is 0 Å². The number of aliphatic hydroxyl groups is 1. The SMILES string of the molecule is CCC(C)(C)C1CCC(CO)(Nc2cccc(Br)c2)CC1. The Morgan fingerprint density at radius 2 is 2.00 bits per heavy atom. The minimum Gasteiger partial charge on any atom is -0.394 e. The molecule has 1 aromatic rings. The maximum atomic E-state index is 9.94. The van der Waals surface area contributed by atoms with Gasteiger partial charge in [-0.1, -0.05) is 49.2 Å². The summed E-state index contributed by atoms with van der Waals surface area (Å²) in [6, 6.07) is 8.21. The standard InChI is InChI=1S/C18H28BrNO/c1-4-17(2,3)14-8-10-18(13-21,11-9-14)20-16-7-5-6-15(19)12-16/h5-7,12,14,20-21H,4,8-11,13H2,1-3H3. The molecule has 0 spiro atoms. The molecule has 0 heterocycles. The first-order valence-electron chi connectivity index (χ1n) is 8.05. The molecule has 0 saturated heterocycles. The van der Waals surface area contributed by atoms with E-state index >= 15 is 0 Å². The summed E-state index contributed by atoms with van der Waals surface area (Å²) in [5, 5.41) is 13.5. The van der Waals surface area contributed by atoms with E-state index in [9.17, 15) is 5.11 Å². The van der Waals surface area contributed by atoms with Crippen molar-refractivity contribution in [2.45, 2.75) is 58.4 Å². The Morgan fingerprint density at radius 1 is 1.33 bits per heavy atom. The Kier molecular flexibility index (Phi) is 5.37. The summed E-state index contributed by atoms with van der Waals surface area (Å²) in [7, 11) is 0. The minimum absolute atomic E-state index is 0.152. The van der Waals surface area contributed by atoms with Crippen LogP contribution in [0.2, 0.25) is 0 Å². The molecule has 0 amide bonds. The predicted molar refractivity (Wildman–Crippen MR) is 93.6 cm³/mol. The normalized spacial score (nSPS) is 26.6. The van der Waals surface area contributed by atoms with Crippen molar-refractivity contribution in [1.82, 2.24) is 0 Å². The molecule has 0 aliphatic heterocycles. The zero-order chi connectivity index (χ0) is 15.5. The maximum absolute atomic E-state index is 9.94. The minimum atomic E-state index is -0.152. The Hall–Kier alpha value is -0.540. The molecule has 2 rings (SSSR count). The summed E-state index contributed by atoms with van der Waals surface area (Å²) in [5.74, 6) is 0.770. The van der Waals surface area contributed by atoms with E-state index < -0.39 is 0 Å². The molecule has 1 fully saturated rings. The third kappa shape index (κ3) is 4.01. The Balaban J connectivity index is 2.05. The van der Waals surface area contributed by atoms with Crippen LogP contribution in [0.3, 0.4) is 0 Å². The fourth-order valence-electron chi connectivity index (χ4n) is 3.44. The molecule has 0 aromatic heterocycles. The van der Waals surface area contributed by atoms with Gasteiger partial charge in [-0.25, -0.2) is 0 Å². The van der Waals surface area contributed by atoms with Gasteiger partial charge in [-0.3, -0.25) is 0 Å². The highest BCUT2D eigenvalue weighted by molar-refractivity contribution is 9.10. The summed E-state index contributed by atoms with van der Waals surface area (Å²) in [6.45, 7) is 7.25. The number of hydrogen-bond acceptors (Lipinski definition) is 2. The molecule has 1 aliphatic carbocycles. The van der Waals surface area contributed by atoms with E-state index in [-0.39, 0.29) is 12.1 Å². The molecule has 2 N–H and O–H groups in total. The molecule has 1 saturated carbocycles. The highest BCUT2D eigenvalue weighted by Gasteiger charge is 2.39. The van der Waals surface area contributed by atoms with Crippen molar-refractivity contribution in [1.29, 1.82) is 0 Å². The Bertz CT molecular complexity index is 464. The van der Waals surface area contributed by atoms with Crippen LogP contribution in [0.15, 0.2) is 28.7 Å². The van der Waals surface area contributed by atoms with Crippen LogP contribution in [0.1, 0.15) is 52.9 Å².